The first-order valence-corrected chi connectivity index (χ1v) is 21.9. The van der Waals surface area contributed by atoms with Gasteiger partial charge in [0, 0.05) is 51.4 Å². The first kappa shape index (κ1) is 38.5. The van der Waals surface area contributed by atoms with E-state index in [1.165, 1.54) is 45.3 Å². The molecular weight excluding hydrogens is 711 g/mol. The van der Waals surface area contributed by atoms with E-state index >= 15 is 0 Å². The Morgan fingerprint density at radius 2 is 1.69 bits per heavy atom. The zero-order valence-electron chi connectivity index (χ0n) is 33.4. The van der Waals surface area contributed by atoms with Crippen molar-refractivity contribution in [3.05, 3.63) is 52.9 Å². The molecule has 298 valence electrons. The van der Waals surface area contributed by atoms with Gasteiger partial charge in [0.2, 0.25) is 11.8 Å². The Bertz CT molecular complexity index is 1750. The highest BCUT2D eigenvalue weighted by atomic mass is 32.1. The minimum absolute atomic E-state index is 0.00293. The van der Waals surface area contributed by atoms with E-state index in [1.54, 1.807) is 16.2 Å². The quantitative estimate of drug-likeness (QED) is 0.234. The van der Waals surface area contributed by atoms with E-state index in [0.29, 0.717) is 30.1 Å². The third-order valence-corrected chi connectivity index (χ3v) is 14.6. The second kappa shape index (κ2) is 16.6. The van der Waals surface area contributed by atoms with Gasteiger partial charge in [-0.1, -0.05) is 43.3 Å². The third kappa shape index (κ3) is 8.38. The number of ether oxygens (including phenoxy) is 1. The number of likely N-dealkylation sites (tertiary alicyclic amines) is 2. The molecular formula is C43H61N7O4S. The number of aromatic nitrogens is 2. The number of nitrogens with zero attached hydrogens (tertiary/aromatic N) is 6. The van der Waals surface area contributed by atoms with Gasteiger partial charge >= 0.3 is 0 Å². The van der Waals surface area contributed by atoms with Crippen LogP contribution in [0.5, 0.6) is 0 Å². The van der Waals surface area contributed by atoms with E-state index in [-0.39, 0.29) is 23.8 Å². The number of hydrogen-bond donors (Lipinski definition) is 1. The fraction of sp³-hybridized carbons (Fsp3) is 0.674. The van der Waals surface area contributed by atoms with Crippen LogP contribution in [0.4, 0.5) is 5.82 Å². The van der Waals surface area contributed by atoms with Crippen LogP contribution in [0.3, 0.4) is 0 Å². The molecule has 1 aliphatic carbocycles. The summed E-state index contributed by atoms with van der Waals surface area (Å²) in [6.07, 6.45) is 9.24. The van der Waals surface area contributed by atoms with Gasteiger partial charge in [0.15, 0.2) is 11.6 Å². The SMILES string of the molecule is Cc1ncsc1-c1ccc(C(C)NC(=O)[C@@H]2CCCN2C(=O)C(c2cc(N3CCC(CN4CCC5(CC4)CC(N4CCOCC4)C5)CC3)no2)C(C)C)cc1. The van der Waals surface area contributed by atoms with Crippen molar-refractivity contribution in [3.8, 4) is 10.4 Å². The molecule has 2 amide bonds. The van der Waals surface area contributed by atoms with Crippen molar-refractivity contribution < 1.29 is 18.8 Å². The highest BCUT2D eigenvalue weighted by Crippen LogP contribution is 2.51. The summed E-state index contributed by atoms with van der Waals surface area (Å²) >= 11 is 1.63. The van der Waals surface area contributed by atoms with Crippen LogP contribution in [0.2, 0.25) is 0 Å². The first-order chi connectivity index (χ1) is 26.7. The molecule has 6 heterocycles. The molecule has 55 heavy (non-hydrogen) atoms. The summed E-state index contributed by atoms with van der Waals surface area (Å²) in [5.74, 6) is 1.49. The second-order valence-electron chi connectivity index (χ2n) is 17.6. The maximum absolute atomic E-state index is 14.2. The molecule has 1 aromatic carbocycles. The Labute approximate surface area is 331 Å². The molecule has 2 aromatic heterocycles. The van der Waals surface area contributed by atoms with E-state index in [2.05, 4.69) is 68.3 Å². The molecule has 0 bridgehead atoms. The van der Waals surface area contributed by atoms with Crippen molar-refractivity contribution in [3.63, 3.8) is 0 Å². The lowest BCUT2D eigenvalue weighted by Crippen LogP contribution is -2.57. The van der Waals surface area contributed by atoms with Crippen LogP contribution >= 0.6 is 11.3 Å². The van der Waals surface area contributed by atoms with Gasteiger partial charge in [-0.2, -0.15) is 0 Å². The standard InChI is InChI=1S/C43H61N7O4S/c1-29(2)39(42(52)50-15-5-6-36(50)41(51)45-30(3)33-7-9-34(10-8-33)40-31(4)44-28-55-40)37-24-38(46-54-37)49-16-11-32(12-17-49)27-47-18-13-43(14-19-47)25-35(26-43)48-20-22-53-23-21-48/h7-10,24,28-30,32,35-36,39H,5-6,11-23,25-27H2,1-4H3,(H,45,51)/t30?,36-,39?/m0/s1. The van der Waals surface area contributed by atoms with Crippen molar-refractivity contribution in [1.82, 2.24) is 30.2 Å². The Hall–Kier alpha value is -3.32. The number of nitrogens with one attached hydrogen (secondary N) is 1. The van der Waals surface area contributed by atoms with Crippen LogP contribution in [0.15, 0.2) is 40.4 Å². The largest absolute Gasteiger partial charge is 0.379 e. The topological polar surface area (TPSA) is 107 Å². The average molecular weight is 772 g/mol. The monoisotopic (exact) mass is 771 g/mol. The Kier molecular flexibility index (Phi) is 11.7. The van der Waals surface area contributed by atoms with Crippen molar-refractivity contribution in [2.24, 2.45) is 17.3 Å². The van der Waals surface area contributed by atoms with Gasteiger partial charge in [-0.15, -0.1) is 11.3 Å². The summed E-state index contributed by atoms with van der Waals surface area (Å²) in [4.78, 5) is 43.0. The van der Waals surface area contributed by atoms with Gasteiger partial charge < -0.3 is 29.3 Å². The molecule has 0 radical (unpaired) electrons. The van der Waals surface area contributed by atoms with Gasteiger partial charge in [0.25, 0.3) is 0 Å². The lowest BCUT2D eigenvalue weighted by atomic mass is 9.60. The summed E-state index contributed by atoms with van der Waals surface area (Å²) in [6.45, 7) is 18.3. The van der Waals surface area contributed by atoms with Gasteiger partial charge in [0.1, 0.15) is 12.0 Å². The summed E-state index contributed by atoms with van der Waals surface area (Å²) in [6, 6.07) is 10.4. The number of thiazole rings is 1. The number of aryl methyl sites for hydroxylation is 1. The number of rotatable bonds is 11. The Balaban J connectivity index is 0.811. The highest BCUT2D eigenvalue weighted by Gasteiger charge is 2.48. The lowest BCUT2D eigenvalue weighted by molar-refractivity contribution is -0.141. The Morgan fingerprint density at radius 3 is 2.36 bits per heavy atom. The predicted octanol–water partition coefficient (Wildman–Crippen LogP) is 6.51. The fourth-order valence-corrected chi connectivity index (χ4v) is 11.0. The smallest absolute Gasteiger partial charge is 0.243 e. The van der Waals surface area contributed by atoms with Crippen molar-refractivity contribution in [1.29, 1.82) is 0 Å². The minimum atomic E-state index is -0.497. The molecule has 3 atom stereocenters. The lowest BCUT2D eigenvalue weighted by Gasteiger charge is -2.56. The number of anilines is 1. The second-order valence-corrected chi connectivity index (χ2v) is 18.4. The van der Waals surface area contributed by atoms with E-state index in [1.807, 2.05) is 25.4 Å². The van der Waals surface area contributed by atoms with Crippen LogP contribution in [-0.2, 0) is 14.3 Å². The van der Waals surface area contributed by atoms with Crippen molar-refractivity contribution in [2.75, 3.05) is 70.5 Å². The average Bonchev–Trinajstić information content (AvgIpc) is 3.97. The number of amides is 2. The molecule has 8 rings (SSSR count). The molecule has 4 aliphatic heterocycles. The zero-order chi connectivity index (χ0) is 38.1. The summed E-state index contributed by atoms with van der Waals surface area (Å²) in [5.41, 5.74) is 5.64. The first-order valence-electron chi connectivity index (χ1n) is 21.0. The highest BCUT2D eigenvalue weighted by molar-refractivity contribution is 7.13. The molecule has 1 N–H and O–H groups in total. The van der Waals surface area contributed by atoms with Gasteiger partial charge in [-0.05, 0) is 107 Å². The Morgan fingerprint density at radius 1 is 0.964 bits per heavy atom. The summed E-state index contributed by atoms with van der Waals surface area (Å²) in [5, 5.41) is 7.70. The molecule has 5 fully saturated rings. The molecule has 12 heteroatoms. The van der Waals surface area contributed by atoms with E-state index < -0.39 is 12.0 Å². The molecule has 4 saturated heterocycles. The minimum Gasteiger partial charge on any atom is -0.379 e. The van der Waals surface area contributed by atoms with Crippen LogP contribution in [0, 0.1) is 24.2 Å². The number of carbonyl (C=O) groups is 2. The van der Waals surface area contributed by atoms with Crippen LogP contribution in [0.1, 0.15) is 101 Å². The number of hydrogen-bond acceptors (Lipinski definition) is 10. The van der Waals surface area contributed by atoms with Crippen LogP contribution in [-0.4, -0.2) is 114 Å². The molecule has 1 spiro atoms. The summed E-state index contributed by atoms with van der Waals surface area (Å²) in [7, 11) is 0. The number of morpholine rings is 1. The van der Waals surface area contributed by atoms with E-state index in [4.69, 9.17) is 9.26 Å². The van der Waals surface area contributed by atoms with Crippen LogP contribution < -0.4 is 10.2 Å². The maximum Gasteiger partial charge on any atom is 0.243 e. The molecule has 11 nitrogen and oxygen atoms in total. The van der Waals surface area contributed by atoms with Gasteiger partial charge in [0.05, 0.1) is 35.3 Å². The maximum atomic E-state index is 14.2. The molecule has 5 aliphatic rings. The van der Waals surface area contributed by atoms with Crippen molar-refractivity contribution >= 4 is 29.0 Å². The van der Waals surface area contributed by atoms with E-state index in [0.717, 1.165) is 92.2 Å². The van der Waals surface area contributed by atoms with E-state index in [9.17, 15) is 9.59 Å². The number of carbonyl (C=O) groups excluding carboxylic acids is 2. The van der Waals surface area contributed by atoms with Crippen LogP contribution in [0.25, 0.3) is 10.4 Å². The third-order valence-electron chi connectivity index (χ3n) is 13.6. The molecule has 1 saturated carbocycles. The summed E-state index contributed by atoms with van der Waals surface area (Å²) < 4.78 is 11.5. The number of piperidine rings is 2. The number of benzene rings is 1. The van der Waals surface area contributed by atoms with Gasteiger partial charge in [-0.3, -0.25) is 14.5 Å². The van der Waals surface area contributed by atoms with Gasteiger partial charge in [-0.25, -0.2) is 4.98 Å². The molecule has 3 aromatic rings. The molecule has 2 unspecified atom stereocenters. The van der Waals surface area contributed by atoms with Crippen molar-refractivity contribution in [2.45, 2.75) is 103 Å². The fourth-order valence-electron chi connectivity index (χ4n) is 10.2. The normalized spacial score (nSPS) is 24.0. The zero-order valence-corrected chi connectivity index (χ0v) is 34.2. The predicted molar refractivity (Wildman–Crippen MR) is 216 cm³/mol.